The molecule has 7 atom stereocenters. The molecule has 2 aliphatic heterocycles. The molecule has 5 unspecified atom stereocenters. The van der Waals surface area contributed by atoms with Crippen molar-refractivity contribution in [3.63, 3.8) is 0 Å². The van der Waals surface area contributed by atoms with Crippen molar-refractivity contribution in [1.82, 2.24) is 0 Å². The molecule has 4 rings (SSSR count). The topological polar surface area (TPSA) is 136 Å². The van der Waals surface area contributed by atoms with Crippen molar-refractivity contribution in [3.8, 4) is 5.75 Å². The Morgan fingerprint density at radius 2 is 1.80 bits per heavy atom. The van der Waals surface area contributed by atoms with Gasteiger partial charge in [0.1, 0.15) is 36.8 Å². The first kappa shape index (κ1) is 26.2. The summed E-state index contributed by atoms with van der Waals surface area (Å²) in [7, 11) is 1.45. The van der Waals surface area contributed by atoms with Gasteiger partial charge in [0, 0.05) is 19.1 Å². The molecule has 0 bridgehead atoms. The molecule has 0 aliphatic carbocycles. The van der Waals surface area contributed by atoms with E-state index in [1.807, 2.05) is 30.3 Å². The van der Waals surface area contributed by atoms with Crippen molar-refractivity contribution in [3.05, 3.63) is 64.7 Å². The number of aliphatic hydroxyl groups is 4. The van der Waals surface area contributed by atoms with E-state index in [4.69, 9.17) is 40.3 Å². The summed E-state index contributed by atoms with van der Waals surface area (Å²) in [4.78, 5) is 10.9. The molecule has 192 valence electrons. The number of benzene rings is 2. The largest absolute Gasteiger partial charge is 0.460 e. The van der Waals surface area contributed by atoms with Gasteiger partial charge in [0.2, 0.25) is 12.1 Å². The number of aliphatic hydroxyl groups excluding tert-OH is 4. The van der Waals surface area contributed by atoms with Gasteiger partial charge in [-0.2, -0.15) is 4.89 Å². The average molecular weight is 513 g/mol. The van der Waals surface area contributed by atoms with Crippen LogP contribution in [0.5, 0.6) is 5.75 Å². The van der Waals surface area contributed by atoms with Crippen molar-refractivity contribution >= 4 is 11.6 Å². The van der Waals surface area contributed by atoms with Crippen LogP contribution in [-0.2, 0) is 36.4 Å². The second-order valence-corrected chi connectivity index (χ2v) is 8.76. The molecule has 11 heteroatoms. The number of rotatable bonds is 8. The van der Waals surface area contributed by atoms with Crippen LogP contribution in [-0.4, -0.2) is 77.6 Å². The van der Waals surface area contributed by atoms with Crippen LogP contribution < -0.4 is 4.74 Å². The molecule has 0 saturated carbocycles. The van der Waals surface area contributed by atoms with E-state index in [0.717, 1.165) is 5.56 Å². The zero-order chi connectivity index (χ0) is 25.0. The fourth-order valence-corrected chi connectivity index (χ4v) is 4.38. The Labute approximate surface area is 207 Å². The number of halogens is 1. The Morgan fingerprint density at radius 1 is 1.03 bits per heavy atom. The summed E-state index contributed by atoms with van der Waals surface area (Å²) in [5.74, 6) is -1.31. The van der Waals surface area contributed by atoms with Crippen molar-refractivity contribution in [2.75, 3.05) is 20.3 Å². The molecule has 35 heavy (non-hydrogen) atoms. The summed E-state index contributed by atoms with van der Waals surface area (Å²) in [6.07, 6.45) is -7.31. The van der Waals surface area contributed by atoms with Gasteiger partial charge in [0.05, 0.1) is 24.3 Å². The summed E-state index contributed by atoms with van der Waals surface area (Å²) < 4.78 is 22.9. The molecule has 2 aromatic carbocycles. The Hall–Kier alpha value is -1.83. The van der Waals surface area contributed by atoms with Crippen molar-refractivity contribution in [2.24, 2.45) is 0 Å². The second-order valence-electron chi connectivity index (χ2n) is 8.38. The van der Waals surface area contributed by atoms with Crippen molar-refractivity contribution < 1.29 is 49.1 Å². The van der Waals surface area contributed by atoms with E-state index >= 15 is 0 Å². The van der Waals surface area contributed by atoms with Crippen LogP contribution in [0.15, 0.2) is 48.5 Å². The van der Waals surface area contributed by atoms with Gasteiger partial charge in [0.15, 0.2) is 0 Å². The van der Waals surface area contributed by atoms with Crippen LogP contribution in [0.3, 0.4) is 0 Å². The summed E-state index contributed by atoms with van der Waals surface area (Å²) >= 11 is 6.65. The summed E-state index contributed by atoms with van der Waals surface area (Å²) in [6, 6.07) is 14.6. The maximum absolute atomic E-state index is 10.3. The van der Waals surface area contributed by atoms with Gasteiger partial charge in [-0.1, -0.05) is 54.1 Å². The highest BCUT2D eigenvalue weighted by Gasteiger charge is 2.46. The summed E-state index contributed by atoms with van der Waals surface area (Å²) in [5, 5.41) is 39.8. The smallest absolute Gasteiger partial charge is 0.231 e. The van der Waals surface area contributed by atoms with Crippen LogP contribution in [0.2, 0.25) is 5.02 Å². The summed E-state index contributed by atoms with van der Waals surface area (Å²) in [6.45, 7) is -0.0137. The normalized spacial score (nSPS) is 33.4. The monoisotopic (exact) mass is 512 g/mol. The second kappa shape index (κ2) is 11.5. The number of methoxy groups -OCH3 is 1. The Bertz CT molecular complexity index is 961. The lowest BCUT2D eigenvalue weighted by molar-refractivity contribution is -0.467. The first-order valence-corrected chi connectivity index (χ1v) is 11.5. The molecule has 0 spiro atoms. The van der Waals surface area contributed by atoms with E-state index < -0.39 is 43.1 Å². The highest BCUT2D eigenvalue weighted by Crippen LogP contribution is 2.43. The Balaban J connectivity index is 1.52. The lowest BCUT2D eigenvalue weighted by Crippen LogP contribution is -2.60. The van der Waals surface area contributed by atoms with E-state index in [1.54, 1.807) is 12.1 Å². The van der Waals surface area contributed by atoms with Crippen LogP contribution in [0.1, 0.15) is 17.5 Å². The molecule has 0 amide bonds. The average Bonchev–Trinajstić information content (AvgIpc) is 2.89. The molecular formula is C24H29ClO10. The standard InChI is InChI=1S/C24H29ClO10/c1-30-24(10-15(13-32-35-24)31-12-14-6-3-2-4-7-14)16-8-5-9-17(19(16)25)33-23-22(29)21(28)20(27)18(11-26)34-23/h2-9,15,18,20-23,26-29H,10-13H2,1H3/t15?,18?,20-,21?,22?,23+,24?/m0/s1. The minimum Gasteiger partial charge on any atom is -0.460 e. The molecule has 0 radical (unpaired) electrons. The maximum atomic E-state index is 10.3. The zero-order valence-corrected chi connectivity index (χ0v) is 19.8. The van der Waals surface area contributed by atoms with E-state index in [2.05, 4.69) is 0 Å². The minimum absolute atomic E-state index is 0.0959. The molecule has 10 nitrogen and oxygen atoms in total. The van der Waals surface area contributed by atoms with Crippen LogP contribution in [0.25, 0.3) is 0 Å². The van der Waals surface area contributed by atoms with Crippen LogP contribution in [0, 0.1) is 0 Å². The molecular weight excluding hydrogens is 484 g/mol. The van der Waals surface area contributed by atoms with E-state index in [0.29, 0.717) is 12.2 Å². The van der Waals surface area contributed by atoms with E-state index in [1.165, 1.54) is 13.2 Å². The third kappa shape index (κ3) is 5.62. The highest BCUT2D eigenvalue weighted by molar-refractivity contribution is 6.32. The van der Waals surface area contributed by atoms with Crippen LogP contribution >= 0.6 is 11.6 Å². The van der Waals surface area contributed by atoms with Gasteiger partial charge in [-0.25, -0.2) is 4.89 Å². The predicted octanol–water partition coefficient (Wildman–Crippen LogP) is 1.26. The fourth-order valence-electron chi connectivity index (χ4n) is 4.06. The van der Waals surface area contributed by atoms with Gasteiger partial charge in [-0.05, 0) is 11.6 Å². The molecule has 2 fully saturated rings. The van der Waals surface area contributed by atoms with Gasteiger partial charge in [-0.15, -0.1) is 0 Å². The highest BCUT2D eigenvalue weighted by atomic mass is 35.5. The van der Waals surface area contributed by atoms with Crippen molar-refractivity contribution in [2.45, 2.75) is 55.6 Å². The minimum atomic E-state index is -1.59. The molecule has 2 heterocycles. The first-order valence-electron chi connectivity index (χ1n) is 11.2. The molecule has 2 saturated heterocycles. The number of hydrogen-bond acceptors (Lipinski definition) is 10. The van der Waals surface area contributed by atoms with Gasteiger partial charge < -0.3 is 39.4 Å². The Kier molecular flexibility index (Phi) is 8.61. The van der Waals surface area contributed by atoms with Gasteiger partial charge >= 0.3 is 0 Å². The maximum Gasteiger partial charge on any atom is 0.231 e. The molecule has 4 N–H and O–H groups in total. The molecule has 2 aliphatic rings. The first-order chi connectivity index (χ1) is 16.9. The molecule has 2 aromatic rings. The number of hydrogen-bond donors (Lipinski definition) is 4. The SMILES string of the molecule is COC1(c2cccc(O[C@@H]3OC(CO)[C@H](O)C(O)C3O)c2Cl)CC(OCc2ccccc2)COO1. The van der Waals surface area contributed by atoms with Crippen molar-refractivity contribution in [1.29, 1.82) is 0 Å². The van der Waals surface area contributed by atoms with E-state index in [9.17, 15) is 20.4 Å². The van der Waals surface area contributed by atoms with Crippen LogP contribution in [0.4, 0.5) is 0 Å². The van der Waals surface area contributed by atoms with Gasteiger partial charge in [0.25, 0.3) is 0 Å². The summed E-state index contributed by atoms with van der Waals surface area (Å²) in [5.41, 5.74) is 1.40. The lowest BCUT2D eigenvalue weighted by atomic mass is 9.97. The van der Waals surface area contributed by atoms with Gasteiger partial charge in [-0.3, -0.25) is 0 Å². The third-order valence-electron chi connectivity index (χ3n) is 6.07. The third-order valence-corrected chi connectivity index (χ3v) is 6.46. The number of ether oxygens (including phenoxy) is 4. The molecule has 0 aromatic heterocycles. The Morgan fingerprint density at radius 3 is 2.51 bits per heavy atom. The van der Waals surface area contributed by atoms with E-state index in [-0.39, 0.29) is 29.9 Å². The predicted molar refractivity (Wildman–Crippen MR) is 121 cm³/mol. The quantitative estimate of drug-likeness (QED) is 0.382. The fraction of sp³-hybridized carbons (Fsp3) is 0.500. The zero-order valence-electron chi connectivity index (χ0n) is 19.0. The lowest BCUT2D eigenvalue weighted by Gasteiger charge is -2.40.